The van der Waals surface area contributed by atoms with E-state index in [1.165, 1.54) is 128 Å². The number of hydrogen-bond acceptors (Lipinski definition) is 6. The molecule has 0 N–H and O–H groups in total. The molecule has 0 radical (unpaired) electrons. The van der Waals surface area contributed by atoms with Crippen molar-refractivity contribution in [2.45, 2.75) is 297 Å². The van der Waals surface area contributed by atoms with Crippen molar-refractivity contribution >= 4 is 17.9 Å². The van der Waals surface area contributed by atoms with E-state index in [4.69, 9.17) is 14.2 Å². The Labute approximate surface area is 463 Å². The van der Waals surface area contributed by atoms with E-state index in [2.05, 4.69) is 130 Å². The SMILES string of the molecule is CC/C=C\C/C=C\C/C=C\C/C=C\C/C=C\C/C=C\C/C=C\C/C=C\CCCCC(=O)OCC(COC(=O)CCCCCCC)OC(=O)CCCCCCCCCCCCCCC/C=C\CCCCCCCCCC. The molecule has 0 aliphatic carbocycles. The topological polar surface area (TPSA) is 78.9 Å². The molecule has 0 amide bonds. The highest BCUT2D eigenvalue weighted by molar-refractivity contribution is 5.71. The number of ether oxygens (including phenoxy) is 3. The smallest absolute Gasteiger partial charge is 0.306 e. The van der Waals surface area contributed by atoms with Gasteiger partial charge in [-0.15, -0.1) is 0 Å². The molecule has 0 aliphatic rings. The van der Waals surface area contributed by atoms with E-state index in [1.54, 1.807) is 0 Å². The van der Waals surface area contributed by atoms with Crippen LogP contribution in [0.1, 0.15) is 290 Å². The zero-order valence-electron chi connectivity index (χ0n) is 49.0. The third-order valence-electron chi connectivity index (χ3n) is 13.3. The van der Waals surface area contributed by atoms with Crippen LogP contribution in [0.15, 0.2) is 109 Å². The van der Waals surface area contributed by atoms with E-state index in [0.29, 0.717) is 19.3 Å². The molecule has 0 saturated heterocycles. The molecule has 0 aliphatic heterocycles. The summed E-state index contributed by atoms with van der Waals surface area (Å²) in [5, 5.41) is 0. The number of carbonyl (C=O) groups excluding carboxylic acids is 3. The van der Waals surface area contributed by atoms with Crippen LogP contribution in [-0.2, 0) is 28.6 Å². The zero-order valence-corrected chi connectivity index (χ0v) is 49.0. The van der Waals surface area contributed by atoms with Crippen LogP contribution < -0.4 is 0 Å². The molecule has 75 heavy (non-hydrogen) atoms. The fourth-order valence-corrected chi connectivity index (χ4v) is 8.57. The minimum atomic E-state index is -0.794. The standard InChI is InChI=1S/C69H116O6/c1-4-7-10-13-15-17-19-21-23-25-27-29-31-33-34-36-37-39-41-43-45-47-49-51-53-56-59-62-68(71)74-65-66(64-73-67(70)61-58-55-12-9-6-3)75-69(72)63-60-57-54-52-50-48-46-44-42-40-38-35-32-30-28-26-24-22-20-18-16-14-11-8-5-2/h7,10,15,17,21,23,26-29,33-34,37,39,43,45,49,51,66H,4-6,8-9,11-14,16,18-20,22,24-25,30-32,35-36,38,40-42,44,46-48,50,52-65H2,1-3H3/b10-7-,17-15-,23-21-,28-26-,29-27-,34-33-,39-37-,45-43-,51-49-. The first-order chi connectivity index (χ1) is 37.0. The number of hydrogen-bond donors (Lipinski definition) is 0. The predicted molar refractivity (Wildman–Crippen MR) is 325 cm³/mol. The van der Waals surface area contributed by atoms with Gasteiger partial charge in [0.1, 0.15) is 13.2 Å². The van der Waals surface area contributed by atoms with E-state index in [1.807, 2.05) is 0 Å². The second-order valence-electron chi connectivity index (χ2n) is 20.6. The molecule has 0 aromatic rings. The van der Waals surface area contributed by atoms with E-state index < -0.39 is 6.10 Å². The molecule has 0 heterocycles. The number of allylic oxidation sites excluding steroid dienone is 18. The molecule has 6 nitrogen and oxygen atoms in total. The van der Waals surface area contributed by atoms with Crippen molar-refractivity contribution in [2.75, 3.05) is 13.2 Å². The van der Waals surface area contributed by atoms with Crippen LogP contribution >= 0.6 is 0 Å². The summed E-state index contributed by atoms with van der Waals surface area (Å²) in [6.45, 7) is 6.42. The Hall–Kier alpha value is -3.93. The van der Waals surface area contributed by atoms with Crippen LogP contribution in [-0.4, -0.2) is 37.2 Å². The molecule has 0 aromatic carbocycles. The lowest BCUT2D eigenvalue weighted by Gasteiger charge is -2.18. The van der Waals surface area contributed by atoms with Crippen molar-refractivity contribution in [2.24, 2.45) is 0 Å². The summed E-state index contributed by atoms with van der Waals surface area (Å²) >= 11 is 0. The van der Waals surface area contributed by atoms with E-state index in [-0.39, 0.29) is 31.1 Å². The average molecular weight is 1040 g/mol. The van der Waals surface area contributed by atoms with Crippen molar-refractivity contribution in [1.82, 2.24) is 0 Å². The lowest BCUT2D eigenvalue weighted by Crippen LogP contribution is -2.30. The highest BCUT2D eigenvalue weighted by Crippen LogP contribution is 2.16. The van der Waals surface area contributed by atoms with Crippen molar-refractivity contribution in [1.29, 1.82) is 0 Å². The predicted octanol–water partition coefficient (Wildman–Crippen LogP) is 21.4. The minimum absolute atomic E-state index is 0.0927. The van der Waals surface area contributed by atoms with Gasteiger partial charge in [-0.1, -0.05) is 271 Å². The van der Waals surface area contributed by atoms with Gasteiger partial charge in [0.25, 0.3) is 0 Å². The van der Waals surface area contributed by atoms with Crippen LogP contribution in [0, 0.1) is 0 Å². The van der Waals surface area contributed by atoms with Crippen molar-refractivity contribution < 1.29 is 28.6 Å². The largest absolute Gasteiger partial charge is 0.462 e. The zero-order chi connectivity index (χ0) is 54.3. The second kappa shape index (κ2) is 62.6. The quantitative estimate of drug-likeness (QED) is 0.0261. The Morgan fingerprint density at radius 3 is 0.853 bits per heavy atom. The van der Waals surface area contributed by atoms with Crippen LogP contribution in [0.4, 0.5) is 0 Å². The fourth-order valence-electron chi connectivity index (χ4n) is 8.57. The van der Waals surface area contributed by atoms with Gasteiger partial charge in [-0.2, -0.15) is 0 Å². The molecular weight excluding hydrogens is 925 g/mol. The van der Waals surface area contributed by atoms with Gasteiger partial charge in [0.15, 0.2) is 6.10 Å². The van der Waals surface area contributed by atoms with Gasteiger partial charge in [-0.25, -0.2) is 0 Å². The normalized spacial score (nSPS) is 12.8. The maximum atomic E-state index is 12.8. The second-order valence-corrected chi connectivity index (χ2v) is 20.6. The van der Waals surface area contributed by atoms with Crippen LogP contribution in [0.5, 0.6) is 0 Å². The Balaban J connectivity index is 4.15. The van der Waals surface area contributed by atoms with Gasteiger partial charge in [0.2, 0.25) is 0 Å². The Morgan fingerprint density at radius 1 is 0.280 bits per heavy atom. The van der Waals surface area contributed by atoms with E-state index in [9.17, 15) is 14.4 Å². The molecule has 1 atom stereocenters. The number of esters is 3. The molecule has 0 fully saturated rings. The van der Waals surface area contributed by atoms with Crippen molar-refractivity contribution in [3.05, 3.63) is 109 Å². The highest BCUT2D eigenvalue weighted by Gasteiger charge is 2.19. The number of unbranched alkanes of at least 4 members (excludes halogenated alkanes) is 27. The average Bonchev–Trinajstić information content (AvgIpc) is 3.41. The molecule has 0 saturated carbocycles. The fraction of sp³-hybridized carbons (Fsp3) is 0.696. The summed E-state index contributed by atoms with van der Waals surface area (Å²) in [7, 11) is 0. The summed E-state index contributed by atoms with van der Waals surface area (Å²) < 4.78 is 16.7. The Kier molecular flexibility index (Phi) is 59.3. The van der Waals surface area contributed by atoms with Crippen LogP contribution in [0.3, 0.4) is 0 Å². The third kappa shape index (κ3) is 60.8. The van der Waals surface area contributed by atoms with Gasteiger partial charge < -0.3 is 14.2 Å². The highest BCUT2D eigenvalue weighted by atomic mass is 16.6. The van der Waals surface area contributed by atoms with Gasteiger partial charge in [-0.05, 0) is 109 Å². The third-order valence-corrected chi connectivity index (χ3v) is 13.3. The molecule has 0 bridgehead atoms. The molecular formula is C69H116O6. The maximum absolute atomic E-state index is 12.8. The summed E-state index contributed by atoms with van der Waals surface area (Å²) in [6, 6.07) is 0. The first-order valence-electron chi connectivity index (χ1n) is 31.4. The lowest BCUT2D eigenvalue weighted by atomic mass is 10.0. The van der Waals surface area contributed by atoms with Crippen LogP contribution in [0.2, 0.25) is 0 Å². The van der Waals surface area contributed by atoms with E-state index >= 15 is 0 Å². The summed E-state index contributed by atoms with van der Waals surface area (Å²) in [5.74, 6) is -0.948. The lowest BCUT2D eigenvalue weighted by molar-refractivity contribution is -0.167. The molecule has 6 heteroatoms. The van der Waals surface area contributed by atoms with Gasteiger partial charge in [-0.3, -0.25) is 14.4 Å². The maximum Gasteiger partial charge on any atom is 0.306 e. The Bertz CT molecular complexity index is 1520. The summed E-state index contributed by atoms with van der Waals surface area (Å²) in [6.07, 6.45) is 85.8. The van der Waals surface area contributed by atoms with Gasteiger partial charge in [0, 0.05) is 19.3 Å². The van der Waals surface area contributed by atoms with Crippen molar-refractivity contribution in [3.8, 4) is 0 Å². The van der Waals surface area contributed by atoms with Gasteiger partial charge in [0.05, 0.1) is 0 Å². The van der Waals surface area contributed by atoms with Crippen molar-refractivity contribution in [3.63, 3.8) is 0 Å². The molecule has 428 valence electrons. The molecule has 0 rings (SSSR count). The summed E-state index contributed by atoms with van der Waals surface area (Å²) in [4.78, 5) is 37.9. The summed E-state index contributed by atoms with van der Waals surface area (Å²) in [5.41, 5.74) is 0. The monoisotopic (exact) mass is 1040 g/mol. The first-order valence-corrected chi connectivity index (χ1v) is 31.4. The van der Waals surface area contributed by atoms with Crippen LogP contribution in [0.25, 0.3) is 0 Å². The van der Waals surface area contributed by atoms with Gasteiger partial charge >= 0.3 is 17.9 Å². The number of carbonyl (C=O) groups is 3. The molecule has 0 aromatic heterocycles. The Morgan fingerprint density at radius 2 is 0.520 bits per heavy atom. The van der Waals surface area contributed by atoms with E-state index in [0.717, 1.165) is 122 Å². The minimum Gasteiger partial charge on any atom is -0.462 e. The molecule has 1 unspecified atom stereocenters. The first kappa shape index (κ1) is 71.1. The molecule has 0 spiro atoms. The number of rotatable bonds is 56.